The van der Waals surface area contributed by atoms with Crippen LogP contribution in [0.25, 0.3) is 0 Å². The van der Waals surface area contributed by atoms with E-state index in [1.165, 1.54) is 5.56 Å². The van der Waals surface area contributed by atoms with Gasteiger partial charge in [-0.1, -0.05) is 19.9 Å². The summed E-state index contributed by atoms with van der Waals surface area (Å²) in [5, 5.41) is 0. The zero-order valence-electron chi connectivity index (χ0n) is 15.8. The molecule has 0 spiro atoms. The minimum atomic E-state index is -0.362. The molecule has 0 radical (unpaired) electrons. The van der Waals surface area contributed by atoms with Crippen LogP contribution in [0.4, 0.5) is 5.82 Å². The Hall–Kier alpha value is -1.11. The fraction of sp³-hybridized carbons (Fsp3) is 0.722. The first-order chi connectivity index (χ1) is 11.2. The second-order valence-corrected chi connectivity index (χ2v) is 8.02. The van der Waals surface area contributed by atoms with Crippen LogP contribution in [0.5, 0.6) is 0 Å². The van der Waals surface area contributed by atoms with Crippen molar-refractivity contribution in [3.8, 4) is 0 Å². The molecule has 0 N–H and O–H groups in total. The minimum absolute atomic E-state index is 0.335. The molecule has 5 nitrogen and oxygen atoms in total. The normalized spacial score (nSPS) is 23.1. The molecule has 2 fully saturated rings. The number of hydrogen-bond acceptors (Lipinski definition) is 5. The summed E-state index contributed by atoms with van der Waals surface area (Å²) in [5.41, 5.74) is 1.57. The third-order valence-corrected chi connectivity index (χ3v) is 5.37. The van der Waals surface area contributed by atoms with Gasteiger partial charge in [-0.2, -0.15) is 0 Å². The second-order valence-electron chi connectivity index (χ2n) is 8.02. The molecule has 0 amide bonds. The predicted octanol–water partition coefficient (Wildman–Crippen LogP) is 2.34. The first-order valence-corrected chi connectivity index (χ1v) is 8.89. The van der Waals surface area contributed by atoms with Crippen LogP contribution in [-0.2, 0) is 14.0 Å². The van der Waals surface area contributed by atoms with E-state index in [4.69, 9.17) is 19.0 Å². The first kappa shape index (κ1) is 17.7. The molecule has 0 unspecified atom stereocenters. The average Bonchev–Trinajstić information content (AvgIpc) is 2.75. The highest BCUT2D eigenvalue weighted by Gasteiger charge is 2.52. The monoisotopic (exact) mass is 332 g/mol. The number of nitrogens with zero attached hydrogens (tertiary/aromatic N) is 2. The number of hydrogen-bond donors (Lipinski definition) is 0. The molecule has 24 heavy (non-hydrogen) atoms. The van der Waals surface area contributed by atoms with E-state index in [2.05, 4.69) is 52.5 Å². The molecule has 0 bridgehead atoms. The van der Waals surface area contributed by atoms with Crippen LogP contribution in [0.2, 0.25) is 0 Å². The molecule has 0 atom stereocenters. The quantitative estimate of drug-likeness (QED) is 0.795. The van der Waals surface area contributed by atoms with Gasteiger partial charge in [-0.3, -0.25) is 0 Å². The Morgan fingerprint density at radius 2 is 1.67 bits per heavy atom. The lowest BCUT2D eigenvalue weighted by Gasteiger charge is -2.32. The number of aromatic nitrogens is 1. The summed E-state index contributed by atoms with van der Waals surface area (Å²) >= 11 is 0. The van der Waals surface area contributed by atoms with E-state index in [9.17, 15) is 0 Å². The summed E-state index contributed by atoms with van der Waals surface area (Å²) < 4.78 is 17.8. The predicted molar refractivity (Wildman–Crippen MR) is 97.1 cm³/mol. The molecular weight excluding hydrogens is 303 g/mol. The van der Waals surface area contributed by atoms with Gasteiger partial charge in [-0.25, -0.2) is 4.98 Å². The lowest BCUT2D eigenvalue weighted by Crippen LogP contribution is -2.41. The summed E-state index contributed by atoms with van der Waals surface area (Å²) in [7, 11) is -0.362. The van der Waals surface area contributed by atoms with E-state index < -0.39 is 0 Å². The number of anilines is 1. The third-order valence-electron chi connectivity index (χ3n) is 5.37. The van der Waals surface area contributed by atoms with Crippen LogP contribution >= 0.6 is 0 Å². The van der Waals surface area contributed by atoms with Gasteiger partial charge in [0.05, 0.1) is 24.4 Å². The van der Waals surface area contributed by atoms with Crippen molar-refractivity contribution >= 4 is 18.4 Å². The lowest BCUT2D eigenvalue weighted by molar-refractivity contribution is 0.00578. The first-order valence-electron chi connectivity index (χ1n) is 8.89. The molecule has 132 valence electrons. The maximum atomic E-state index is 6.17. The van der Waals surface area contributed by atoms with Crippen molar-refractivity contribution < 1.29 is 14.0 Å². The highest BCUT2D eigenvalue weighted by atomic mass is 16.7. The van der Waals surface area contributed by atoms with Gasteiger partial charge in [0.15, 0.2) is 0 Å². The highest BCUT2D eigenvalue weighted by Crippen LogP contribution is 2.37. The number of morpholine rings is 1. The summed E-state index contributed by atoms with van der Waals surface area (Å²) in [6.45, 7) is 16.0. The molecule has 1 aromatic heterocycles. The van der Waals surface area contributed by atoms with Crippen molar-refractivity contribution in [3.05, 3.63) is 17.8 Å². The Bertz CT molecular complexity index is 582. The van der Waals surface area contributed by atoms with Crippen molar-refractivity contribution in [2.45, 2.75) is 58.7 Å². The van der Waals surface area contributed by atoms with Gasteiger partial charge in [0.1, 0.15) is 5.82 Å². The zero-order chi connectivity index (χ0) is 17.5. The van der Waals surface area contributed by atoms with Gasteiger partial charge in [-0.05, 0) is 39.2 Å². The summed E-state index contributed by atoms with van der Waals surface area (Å²) in [4.78, 5) is 7.09. The number of rotatable bonds is 3. The maximum Gasteiger partial charge on any atom is 0.496 e. The van der Waals surface area contributed by atoms with Crippen molar-refractivity contribution in [2.75, 3.05) is 31.2 Å². The van der Waals surface area contributed by atoms with Crippen molar-refractivity contribution in [3.63, 3.8) is 0 Å². The van der Waals surface area contributed by atoms with Gasteiger partial charge >= 0.3 is 7.12 Å². The molecule has 0 saturated carbocycles. The van der Waals surface area contributed by atoms with Gasteiger partial charge < -0.3 is 18.9 Å². The van der Waals surface area contributed by atoms with Crippen LogP contribution in [0.15, 0.2) is 12.3 Å². The Morgan fingerprint density at radius 1 is 1.08 bits per heavy atom. The lowest BCUT2D eigenvalue weighted by atomic mass is 9.79. The van der Waals surface area contributed by atoms with Gasteiger partial charge in [-0.15, -0.1) is 0 Å². The SMILES string of the molecule is CC(C)c1cc(B2OC(C)(C)C(C)(C)O2)cnc1N1CCOCC1. The van der Waals surface area contributed by atoms with Crippen LogP contribution in [0.1, 0.15) is 53.0 Å². The summed E-state index contributed by atoms with van der Waals surface area (Å²) in [6.07, 6.45) is 1.90. The Labute approximate surface area is 145 Å². The van der Waals surface area contributed by atoms with Gasteiger partial charge in [0.2, 0.25) is 0 Å². The van der Waals surface area contributed by atoms with Crippen LogP contribution < -0.4 is 10.4 Å². The molecule has 2 aliphatic heterocycles. The molecule has 1 aromatic rings. The Balaban J connectivity index is 1.90. The maximum absolute atomic E-state index is 6.17. The van der Waals surface area contributed by atoms with Crippen molar-refractivity contribution in [1.29, 1.82) is 0 Å². The molecular formula is C18H29BN2O3. The van der Waals surface area contributed by atoms with E-state index in [-0.39, 0.29) is 18.3 Å². The highest BCUT2D eigenvalue weighted by molar-refractivity contribution is 6.62. The van der Waals surface area contributed by atoms with Gasteiger partial charge in [0.25, 0.3) is 0 Å². The third kappa shape index (κ3) is 3.19. The fourth-order valence-corrected chi connectivity index (χ4v) is 3.06. The van der Waals surface area contributed by atoms with E-state index in [0.717, 1.165) is 37.6 Å². The molecule has 0 aliphatic carbocycles. The van der Waals surface area contributed by atoms with Crippen LogP contribution in [0, 0.1) is 0 Å². The number of ether oxygens (including phenoxy) is 1. The van der Waals surface area contributed by atoms with Crippen molar-refractivity contribution in [2.24, 2.45) is 0 Å². The molecule has 6 heteroatoms. The smallest absolute Gasteiger partial charge is 0.399 e. The van der Waals surface area contributed by atoms with Gasteiger partial charge in [0, 0.05) is 24.7 Å². The van der Waals surface area contributed by atoms with Crippen LogP contribution in [-0.4, -0.2) is 49.6 Å². The molecule has 3 heterocycles. The number of pyridine rings is 1. The van der Waals surface area contributed by atoms with E-state index in [1.54, 1.807) is 0 Å². The topological polar surface area (TPSA) is 43.8 Å². The molecule has 3 rings (SSSR count). The summed E-state index contributed by atoms with van der Waals surface area (Å²) in [6, 6.07) is 2.20. The van der Waals surface area contributed by atoms with E-state index >= 15 is 0 Å². The van der Waals surface area contributed by atoms with E-state index in [0.29, 0.717) is 5.92 Å². The zero-order valence-corrected chi connectivity index (χ0v) is 15.8. The molecule has 2 aliphatic rings. The molecule has 0 aromatic carbocycles. The fourth-order valence-electron chi connectivity index (χ4n) is 3.06. The van der Waals surface area contributed by atoms with Crippen LogP contribution in [0.3, 0.4) is 0 Å². The standard InChI is InChI=1S/C18H29BN2O3/c1-13(2)15-11-14(19-23-17(3,4)18(5,6)24-19)12-20-16(15)21-7-9-22-10-8-21/h11-13H,7-10H2,1-6H3. The minimum Gasteiger partial charge on any atom is -0.399 e. The molecule has 2 saturated heterocycles. The Kier molecular flexibility index (Phi) is 4.66. The Morgan fingerprint density at radius 3 is 2.21 bits per heavy atom. The largest absolute Gasteiger partial charge is 0.496 e. The average molecular weight is 332 g/mol. The van der Waals surface area contributed by atoms with Crippen molar-refractivity contribution in [1.82, 2.24) is 4.98 Å². The van der Waals surface area contributed by atoms with E-state index in [1.807, 2.05) is 6.20 Å². The summed E-state index contributed by atoms with van der Waals surface area (Å²) in [5.74, 6) is 1.45. The second kappa shape index (κ2) is 6.32.